The number of hydrogen-bond acceptors (Lipinski definition) is 0. The number of benzene rings is 1. The van der Waals surface area contributed by atoms with Gasteiger partial charge in [0, 0.05) is 0 Å². The topological polar surface area (TPSA) is 0 Å². The Labute approximate surface area is 82.6 Å². The lowest BCUT2D eigenvalue weighted by molar-refractivity contribution is 0.257. The minimum absolute atomic E-state index is 0.583. The summed E-state index contributed by atoms with van der Waals surface area (Å²) in [5.74, 6) is 0. The van der Waals surface area contributed by atoms with Gasteiger partial charge in [-0.25, -0.2) is 4.39 Å². The number of halogens is 1. The zero-order chi connectivity index (χ0) is 9.73. The summed E-state index contributed by atoms with van der Waals surface area (Å²) in [7, 11) is 0.583. The van der Waals surface area contributed by atoms with E-state index in [1.807, 2.05) is 30.3 Å². The summed E-state index contributed by atoms with van der Waals surface area (Å²) in [5, 5.41) is -1.02. The van der Waals surface area contributed by atoms with Crippen LogP contribution in [0.1, 0.15) is 31.7 Å². The Morgan fingerprint density at radius 1 is 1.31 bits per heavy atom. The van der Waals surface area contributed by atoms with Crippen molar-refractivity contribution in [1.82, 2.24) is 0 Å². The highest BCUT2D eigenvalue weighted by Crippen LogP contribution is 2.27. The van der Waals surface area contributed by atoms with E-state index in [9.17, 15) is 4.39 Å². The largest absolute Gasteiger partial charge is 0.244 e. The highest BCUT2D eigenvalue weighted by molar-refractivity contribution is 6.14. The van der Waals surface area contributed by atoms with Crippen LogP contribution in [0.25, 0.3) is 0 Å². The second-order valence-electron chi connectivity index (χ2n) is 3.67. The summed E-state index contributed by atoms with van der Waals surface area (Å²) in [6, 6.07) is 9.54. The molecule has 0 amide bonds. The van der Waals surface area contributed by atoms with Gasteiger partial charge in [-0.15, -0.1) is 0 Å². The Morgan fingerprint density at radius 3 is 2.46 bits per heavy atom. The summed E-state index contributed by atoms with van der Waals surface area (Å²) in [5.41, 5.74) is 0.857. The molecule has 13 heavy (non-hydrogen) atoms. The van der Waals surface area contributed by atoms with E-state index in [-0.39, 0.29) is 0 Å². The molecule has 0 fully saturated rings. The highest BCUT2D eigenvalue weighted by atomic mass is 28.1. The van der Waals surface area contributed by atoms with Crippen molar-refractivity contribution in [3.05, 3.63) is 35.9 Å². The number of unbranched alkanes of at least 4 members (excludes halogenated alkanes) is 1. The molecule has 1 rings (SSSR count). The first-order valence-electron chi connectivity index (χ1n) is 4.91. The lowest BCUT2D eigenvalue weighted by atomic mass is 10.0. The third-order valence-electron chi connectivity index (χ3n) is 2.38. The van der Waals surface area contributed by atoms with E-state index in [4.69, 9.17) is 0 Å². The Kier molecular flexibility index (Phi) is 3.67. The van der Waals surface area contributed by atoms with Crippen molar-refractivity contribution in [3.8, 4) is 0 Å². The third kappa shape index (κ3) is 2.96. The molecule has 0 aliphatic carbocycles. The van der Waals surface area contributed by atoms with Gasteiger partial charge >= 0.3 is 0 Å². The smallest absolute Gasteiger partial charge is 0.113 e. The molecule has 0 aliphatic heterocycles. The molecule has 1 aromatic rings. The maximum absolute atomic E-state index is 14.1. The first-order valence-corrected chi connectivity index (χ1v) is 5.91. The molecule has 72 valence electrons. The molecule has 0 aromatic heterocycles. The fourth-order valence-electron chi connectivity index (χ4n) is 1.44. The van der Waals surface area contributed by atoms with Crippen LogP contribution in [-0.4, -0.2) is 10.2 Å². The number of alkyl halides is 1. The van der Waals surface area contributed by atoms with E-state index in [1.54, 1.807) is 0 Å². The van der Waals surface area contributed by atoms with Crippen LogP contribution in [0.4, 0.5) is 4.39 Å². The third-order valence-corrected chi connectivity index (χ3v) is 3.45. The molecule has 1 unspecified atom stereocenters. The van der Waals surface area contributed by atoms with Crippen LogP contribution in [0.15, 0.2) is 30.3 Å². The van der Waals surface area contributed by atoms with Gasteiger partial charge in [0.2, 0.25) is 0 Å². The van der Waals surface area contributed by atoms with Crippen LogP contribution in [-0.2, 0) is 5.29 Å². The molecule has 0 spiro atoms. The molecule has 1 aromatic carbocycles. The van der Waals surface area contributed by atoms with Crippen molar-refractivity contribution in [2.45, 2.75) is 31.5 Å². The van der Waals surface area contributed by atoms with Crippen molar-refractivity contribution in [1.29, 1.82) is 0 Å². The van der Waals surface area contributed by atoms with Crippen molar-refractivity contribution < 1.29 is 4.39 Å². The molecule has 0 N–H and O–H groups in total. The van der Waals surface area contributed by atoms with E-state index in [0.717, 1.165) is 18.4 Å². The maximum atomic E-state index is 14.1. The van der Waals surface area contributed by atoms with E-state index in [2.05, 4.69) is 6.92 Å². The molecule has 1 atom stereocenters. The van der Waals surface area contributed by atoms with Crippen LogP contribution >= 0.6 is 0 Å². The van der Waals surface area contributed by atoms with Crippen LogP contribution in [0.2, 0.25) is 0 Å². The Hall–Kier alpha value is -0.633. The summed E-state index contributed by atoms with van der Waals surface area (Å²) in [6.45, 7) is 2.10. The quantitative estimate of drug-likeness (QED) is 0.649. The molecular formula is C11H17FSi. The lowest BCUT2D eigenvalue weighted by Gasteiger charge is -2.20. The molecule has 0 saturated carbocycles. The Morgan fingerprint density at radius 2 is 1.92 bits per heavy atom. The highest BCUT2D eigenvalue weighted by Gasteiger charge is 2.23. The molecule has 0 bridgehead atoms. The molecule has 2 heteroatoms. The van der Waals surface area contributed by atoms with Gasteiger partial charge in [-0.2, -0.15) is 0 Å². The van der Waals surface area contributed by atoms with Gasteiger partial charge in [-0.05, 0) is 12.0 Å². The normalized spacial score (nSPS) is 15.5. The predicted molar refractivity (Wildman–Crippen MR) is 58.7 cm³/mol. The van der Waals surface area contributed by atoms with Crippen molar-refractivity contribution in [2.24, 2.45) is 0 Å². The van der Waals surface area contributed by atoms with Crippen molar-refractivity contribution >= 4 is 10.2 Å². The predicted octanol–water partition coefficient (Wildman–Crippen LogP) is 2.36. The molecular weight excluding hydrogens is 179 g/mol. The average Bonchev–Trinajstić information content (AvgIpc) is 2.16. The van der Waals surface area contributed by atoms with Gasteiger partial charge in [0.15, 0.2) is 0 Å². The van der Waals surface area contributed by atoms with E-state index in [0.29, 0.717) is 16.7 Å². The van der Waals surface area contributed by atoms with Crippen molar-refractivity contribution in [2.75, 3.05) is 0 Å². The van der Waals surface area contributed by atoms with Gasteiger partial charge < -0.3 is 0 Å². The minimum Gasteiger partial charge on any atom is -0.244 e. The first-order chi connectivity index (χ1) is 6.17. The molecule has 0 heterocycles. The fourth-order valence-corrected chi connectivity index (χ4v) is 2.13. The second kappa shape index (κ2) is 4.56. The zero-order valence-electron chi connectivity index (χ0n) is 8.39. The zero-order valence-corrected chi connectivity index (χ0v) is 10.4. The lowest BCUT2D eigenvalue weighted by Crippen LogP contribution is -2.19. The van der Waals surface area contributed by atoms with Gasteiger partial charge in [0.1, 0.15) is 5.29 Å². The number of rotatable bonds is 4. The van der Waals surface area contributed by atoms with Crippen LogP contribution in [0, 0.1) is 0 Å². The van der Waals surface area contributed by atoms with E-state index >= 15 is 0 Å². The minimum atomic E-state index is -1.02. The van der Waals surface area contributed by atoms with Gasteiger partial charge in [-0.1, -0.05) is 50.1 Å². The standard InChI is InChI=1S/C11H17FSi/c1-2-3-9-11(12,13)10-7-5-4-6-8-10/h4-8H,2-3,9H2,1,13H3. The van der Waals surface area contributed by atoms with Crippen LogP contribution in [0.5, 0.6) is 0 Å². The van der Waals surface area contributed by atoms with Crippen LogP contribution in [0.3, 0.4) is 0 Å². The molecule has 0 aliphatic rings. The summed E-state index contributed by atoms with van der Waals surface area (Å²) in [6.07, 6.45) is 2.73. The molecule has 0 nitrogen and oxygen atoms in total. The van der Waals surface area contributed by atoms with Gasteiger partial charge in [0.25, 0.3) is 0 Å². The molecule has 0 radical (unpaired) electrons. The summed E-state index contributed by atoms with van der Waals surface area (Å²) < 4.78 is 14.1. The van der Waals surface area contributed by atoms with E-state index in [1.165, 1.54) is 0 Å². The van der Waals surface area contributed by atoms with Gasteiger partial charge in [0.05, 0.1) is 10.2 Å². The first kappa shape index (κ1) is 10.4. The van der Waals surface area contributed by atoms with Gasteiger partial charge in [-0.3, -0.25) is 0 Å². The Bertz CT molecular complexity index is 244. The Balaban J connectivity index is 2.69. The SMILES string of the molecule is CCCCC(F)([SiH3])c1ccccc1. The average molecular weight is 196 g/mol. The summed E-state index contributed by atoms with van der Waals surface area (Å²) in [4.78, 5) is 0. The second-order valence-corrected chi connectivity index (χ2v) is 5.25. The maximum Gasteiger partial charge on any atom is 0.113 e. The van der Waals surface area contributed by atoms with Crippen molar-refractivity contribution in [3.63, 3.8) is 0 Å². The summed E-state index contributed by atoms with van der Waals surface area (Å²) >= 11 is 0. The van der Waals surface area contributed by atoms with E-state index < -0.39 is 5.29 Å². The van der Waals surface area contributed by atoms with Crippen LogP contribution < -0.4 is 0 Å². The molecule has 0 saturated heterocycles. The fraction of sp³-hybridized carbons (Fsp3) is 0.455. The number of hydrogen-bond donors (Lipinski definition) is 0. The monoisotopic (exact) mass is 196 g/mol.